The Morgan fingerprint density at radius 1 is 1.18 bits per heavy atom. The molecule has 0 atom stereocenters. The van der Waals surface area contributed by atoms with Crippen LogP contribution in [-0.2, 0) is 21.0 Å². The van der Waals surface area contributed by atoms with Gasteiger partial charge in [0.1, 0.15) is 12.4 Å². The summed E-state index contributed by atoms with van der Waals surface area (Å²) in [6, 6.07) is 12.5. The highest BCUT2D eigenvalue weighted by Crippen LogP contribution is 2.28. The minimum absolute atomic E-state index is 0.0294. The average molecular weight is 464 g/mol. The third kappa shape index (κ3) is 5.62. The number of benzene rings is 2. The molecule has 1 fully saturated rings. The number of ether oxygens (including phenoxy) is 1. The first-order chi connectivity index (χ1) is 16.4. The minimum Gasteiger partial charge on any atom is -0.399 e. The van der Waals surface area contributed by atoms with Crippen molar-refractivity contribution in [2.24, 2.45) is 10.7 Å². The standard InChI is InChI=1S/C25H29N5O4/c1-2-9-30(34-13-16-3-7-20(26)8-4-16)25(32)19-10-17-5-6-18(11-22(17)29-23(27)12-19)24(31)28-21-14-33-15-21/h3-8,10-11,21H,2,9,12-15,26H2,1H3,(H2,27,29)(H,28,31). The average Bonchev–Trinajstić information content (AvgIpc) is 2.96. The number of hydroxylamine groups is 2. The van der Waals surface area contributed by atoms with Crippen LogP contribution in [0.5, 0.6) is 0 Å². The van der Waals surface area contributed by atoms with Crippen LogP contribution in [0.2, 0.25) is 0 Å². The van der Waals surface area contributed by atoms with Crippen LogP contribution in [0.15, 0.2) is 53.0 Å². The lowest BCUT2D eigenvalue weighted by molar-refractivity contribution is -0.187. The number of amidine groups is 1. The van der Waals surface area contributed by atoms with E-state index in [1.54, 1.807) is 36.4 Å². The molecule has 0 aromatic heterocycles. The molecule has 2 amide bonds. The van der Waals surface area contributed by atoms with Crippen LogP contribution >= 0.6 is 0 Å². The Labute approximate surface area is 198 Å². The van der Waals surface area contributed by atoms with Gasteiger partial charge in [0.05, 0.1) is 24.9 Å². The first kappa shape index (κ1) is 23.5. The zero-order chi connectivity index (χ0) is 24.1. The number of nitrogens with two attached hydrogens (primary N) is 2. The van der Waals surface area contributed by atoms with E-state index in [9.17, 15) is 9.59 Å². The summed E-state index contributed by atoms with van der Waals surface area (Å²) >= 11 is 0. The zero-order valence-electron chi connectivity index (χ0n) is 19.1. The van der Waals surface area contributed by atoms with Crippen LogP contribution in [-0.4, -0.2) is 48.5 Å². The number of anilines is 1. The van der Waals surface area contributed by atoms with Crippen LogP contribution in [0.1, 0.15) is 41.3 Å². The number of hydrogen-bond acceptors (Lipinski definition) is 7. The predicted octanol–water partition coefficient (Wildman–Crippen LogP) is 2.54. The number of fused-ring (bicyclic) bond motifs is 1. The van der Waals surface area contributed by atoms with Crippen molar-refractivity contribution in [2.45, 2.75) is 32.4 Å². The summed E-state index contributed by atoms with van der Waals surface area (Å²) in [4.78, 5) is 36.1. The maximum Gasteiger partial charge on any atom is 0.273 e. The maximum absolute atomic E-state index is 13.3. The summed E-state index contributed by atoms with van der Waals surface area (Å²) in [5.41, 5.74) is 15.6. The Hall–Kier alpha value is -3.69. The fourth-order valence-electron chi connectivity index (χ4n) is 3.61. The molecule has 2 heterocycles. The molecule has 2 aromatic carbocycles. The van der Waals surface area contributed by atoms with E-state index in [1.807, 2.05) is 19.1 Å². The second kappa shape index (κ2) is 10.5. The van der Waals surface area contributed by atoms with E-state index in [0.717, 1.165) is 12.0 Å². The van der Waals surface area contributed by atoms with Crippen molar-refractivity contribution in [1.29, 1.82) is 0 Å². The SMILES string of the molecule is CCCN(OCc1ccc(N)cc1)C(=O)C1=Cc2ccc(C(=O)NC3COC3)cc2N=C(N)C1. The molecule has 2 aromatic rings. The largest absolute Gasteiger partial charge is 0.399 e. The van der Waals surface area contributed by atoms with Crippen LogP contribution in [0, 0.1) is 0 Å². The lowest BCUT2D eigenvalue weighted by Gasteiger charge is -2.26. The normalized spacial score (nSPS) is 15.3. The Kier molecular flexibility index (Phi) is 7.24. The van der Waals surface area contributed by atoms with E-state index in [0.29, 0.717) is 53.7 Å². The van der Waals surface area contributed by atoms with Gasteiger partial charge in [0, 0.05) is 35.4 Å². The van der Waals surface area contributed by atoms with Crippen molar-refractivity contribution >= 4 is 35.1 Å². The zero-order valence-corrected chi connectivity index (χ0v) is 19.1. The number of rotatable bonds is 8. The van der Waals surface area contributed by atoms with E-state index < -0.39 is 0 Å². The summed E-state index contributed by atoms with van der Waals surface area (Å²) in [5, 5.41) is 4.27. The van der Waals surface area contributed by atoms with Crippen LogP contribution < -0.4 is 16.8 Å². The monoisotopic (exact) mass is 463 g/mol. The number of nitrogens with one attached hydrogen (secondary N) is 1. The highest BCUT2D eigenvalue weighted by atomic mass is 16.7. The third-order valence-corrected chi connectivity index (χ3v) is 5.53. The molecule has 1 saturated heterocycles. The molecule has 0 bridgehead atoms. The minimum atomic E-state index is -0.268. The Morgan fingerprint density at radius 2 is 1.94 bits per heavy atom. The van der Waals surface area contributed by atoms with E-state index in [1.165, 1.54) is 5.06 Å². The van der Waals surface area contributed by atoms with E-state index in [-0.39, 0.29) is 30.9 Å². The quantitative estimate of drug-likeness (QED) is 0.407. The van der Waals surface area contributed by atoms with Gasteiger partial charge in [-0.15, -0.1) is 0 Å². The number of carbonyl (C=O) groups is 2. The lowest BCUT2D eigenvalue weighted by atomic mass is 10.0. The summed E-state index contributed by atoms with van der Waals surface area (Å²) in [7, 11) is 0. The van der Waals surface area contributed by atoms with Crippen LogP contribution in [0.25, 0.3) is 6.08 Å². The molecule has 4 rings (SSSR count). The van der Waals surface area contributed by atoms with Crippen molar-refractivity contribution in [3.05, 3.63) is 64.7 Å². The molecule has 0 aliphatic carbocycles. The maximum atomic E-state index is 13.3. The second-order valence-corrected chi connectivity index (χ2v) is 8.35. The van der Waals surface area contributed by atoms with Gasteiger partial charge in [0.15, 0.2) is 0 Å². The van der Waals surface area contributed by atoms with Crippen molar-refractivity contribution in [2.75, 3.05) is 25.5 Å². The Balaban J connectivity index is 1.52. The van der Waals surface area contributed by atoms with Gasteiger partial charge in [-0.2, -0.15) is 0 Å². The van der Waals surface area contributed by atoms with Gasteiger partial charge < -0.3 is 21.5 Å². The van der Waals surface area contributed by atoms with E-state index in [4.69, 9.17) is 21.0 Å². The molecule has 5 N–H and O–H groups in total. The first-order valence-corrected chi connectivity index (χ1v) is 11.3. The number of nitrogens with zero attached hydrogens (tertiary/aromatic N) is 2. The van der Waals surface area contributed by atoms with Gasteiger partial charge in [0.2, 0.25) is 0 Å². The summed E-state index contributed by atoms with van der Waals surface area (Å²) in [6.07, 6.45) is 2.67. The first-order valence-electron chi connectivity index (χ1n) is 11.3. The summed E-state index contributed by atoms with van der Waals surface area (Å²) in [5.74, 6) is -0.173. The van der Waals surface area contributed by atoms with Crippen LogP contribution in [0.4, 0.5) is 11.4 Å². The molecule has 2 aliphatic heterocycles. The molecule has 0 radical (unpaired) electrons. The molecule has 9 nitrogen and oxygen atoms in total. The fourth-order valence-corrected chi connectivity index (χ4v) is 3.61. The molecular formula is C25H29N5O4. The van der Waals surface area contributed by atoms with Crippen molar-refractivity contribution in [3.8, 4) is 0 Å². The van der Waals surface area contributed by atoms with Crippen molar-refractivity contribution in [1.82, 2.24) is 10.4 Å². The summed E-state index contributed by atoms with van der Waals surface area (Å²) in [6.45, 7) is 3.68. The van der Waals surface area contributed by atoms with E-state index >= 15 is 0 Å². The molecule has 178 valence electrons. The Bertz CT molecular complexity index is 1120. The number of aliphatic imine (C=N–C) groups is 1. The van der Waals surface area contributed by atoms with Gasteiger partial charge >= 0.3 is 0 Å². The van der Waals surface area contributed by atoms with Gasteiger partial charge in [0.25, 0.3) is 11.8 Å². The van der Waals surface area contributed by atoms with Crippen LogP contribution in [0.3, 0.4) is 0 Å². The lowest BCUT2D eigenvalue weighted by Crippen LogP contribution is -2.48. The molecule has 0 spiro atoms. The molecule has 2 aliphatic rings. The van der Waals surface area contributed by atoms with E-state index in [2.05, 4.69) is 10.3 Å². The predicted molar refractivity (Wildman–Crippen MR) is 130 cm³/mol. The Morgan fingerprint density at radius 3 is 2.62 bits per heavy atom. The summed E-state index contributed by atoms with van der Waals surface area (Å²) < 4.78 is 5.10. The number of hydrogen-bond donors (Lipinski definition) is 3. The van der Waals surface area contributed by atoms with Crippen molar-refractivity contribution < 1.29 is 19.2 Å². The molecular weight excluding hydrogens is 434 g/mol. The number of nitrogen functional groups attached to an aromatic ring is 1. The topological polar surface area (TPSA) is 132 Å². The van der Waals surface area contributed by atoms with Gasteiger partial charge in [-0.1, -0.05) is 25.1 Å². The third-order valence-electron chi connectivity index (χ3n) is 5.53. The van der Waals surface area contributed by atoms with Gasteiger partial charge in [-0.05, 0) is 42.3 Å². The fraction of sp³-hybridized carbons (Fsp3) is 0.320. The molecule has 34 heavy (non-hydrogen) atoms. The smallest absolute Gasteiger partial charge is 0.273 e. The van der Waals surface area contributed by atoms with Gasteiger partial charge in [-0.3, -0.25) is 14.4 Å². The van der Waals surface area contributed by atoms with Gasteiger partial charge in [-0.25, -0.2) is 10.1 Å². The molecule has 9 heteroatoms. The molecule has 0 saturated carbocycles. The highest BCUT2D eigenvalue weighted by molar-refractivity contribution is 6.05. The second-order valence-electron chi connectivity index (χ2n) is 8.35. The van der Waals surface area contributed by atoms with Crippen molar-refractivity contribution in [3.63, 3.8) is 0 Å². The molecule has 0 unspecified atom stereocenters. The number of amides is 2. The highest BCUT2D eigenvalue weighted by Gasteiger charge is 2.24. The number of carbonyl (C=O) groups excluding carboxylic acids is 2.